The van der Waals surface area contributed by atoms with Crippen LogP contribution in [0.1, 0.15) is 16.8 Å². The number of hydrogen-bond donors (Lipinski definition) is 0. The summed E-state index contributed by atoms with van der Waals surface area (Å²) in [6, 6.07) is 14.6. The Balaban J connectivity index is 1.64. The van der Waals surface area contributed by atoms with Crippen molar-refractivity contribution in [3.63, 3.8) is 0 Å². The van der Waals surface area contributed by atoms with Crippen LogP contribution in [0.4, 0.5) is 0 Å². The summed E-state index contributed by atoms with van der Waals surface area (Å²) in [6.45, 7) is 4.75. The lowest BCUT2D eigenvalue weighted by Gasteiger charge is -2.11. The topological polar surface area (TPSA) is 44.1 Å². The lowest BCUT2D eigenvalue weighted by molar-refractivity contribution is 0.300. The number of hydrogen-bond acceptors (Lipinski definition) is 3. The van der Waals surface area contributed by atoms with Gasteiger partial charge in [0.2, 0.25) is 0 Å². The largest absolute Gasteiger partial charge is 0.487 e. The van der Waals surface area contributed by atoms with Crippen molar-refractivity contribution in [2.75, 3.05) is 0 Å². The molecule has 0 saturated heterocycles. The Morgan fingerprint density at radius 2 is 1.93 bits per heavy atom. The number of aromatic nitrogens is 2. The molecular formula is C21H18B2N2O2. The van der Waals surface area contributed by atoms with Crippen LogP contribution in [0.15, 0.2) is 72.3 Å². The molecule has 3 rings (SSSR count). The molecule has 0 aliphatic rings. The molecule has 0 aliphatic carbocycles. The summed E-state index contributed by atoms with van der Waals surface area (Å²) in [5.74, 6) is 0.493. The van der Waals surface area contributed by atoms with E-state index >= 15 is 0 Å². The van der Waals surface area contributed by atoms with E-state index < -0.39 is 0 Å². The molecule has 1 aromatic carbocycles. The van der Waals surface area contributed by atoms with Crippen molar-refractivity contribution >= 4 is 26.7 Å². The van der Waals surface area contributed by atoms with E-state index in [1.54, 1.807) is 35.2 Å². The standard InChI is InChI=1S/C21H18B2N2O2/c1-15(17-4-2-16(11-22)3-5-17)13-25-9-8-20(10-21(25)26)27-14-19-7-6-18(23)12-24-19/h2-10,12H,1,11,13-14H2. The van der Waals surface area contributed by atoms with Crippen LogP contribution in [-0.2, 0) is 19.5 Å². The zero-order valence-corrected chi connectivity index (χ0v) is 15.0. The number of pyridine rings is 2. The van der Waals surface area contributed by atoms with Gasteiger partial charge in [0.05, 0.1) is 20.1 Å². The summed E-state index contributed by atoms with van der Waals surface area (Å²) < 4.78 is 7.22. The average molecular weight is 352 g/mol. The first-order valence-electron chi connectivity index (χ1n) is 8.56. The van der Waals surface area contributed by atoms with Crippen molar-refractivity contribution < 1.29 is 4.74 Å². The Morgan fingerprint density at radius 1 is 1.15 bits per heavy atom. The van der Waals surface area contributed by atoms with E-state index in [1.165, 1.54) is 6.07 Å². The van der Waals surface area contributed by atoms with E-state index in [-0.39, 0.29) is 12.2 Å². The van der Waals surface area contributed by atoms with Gasteiger partial charge in [-0.1, -0.05) is 54.3 Å². The maximum absolute atomic E-state index is 12.4. The monoisotopic (exact) mass is 352 g/mol. The Labute approximate surface area is 161 Å². The molecule has 3 aromatic rings. The van der Waals surface area contributed by atoms with Crippen LogP contribution in [0, 0.1) is 0 Å². The minimum absolute atomic E-state index is 0.155. The summed E-state index contributed by atoms with van der Waals surface area (Å²) in [4.78, 5) is 16.5. The number of rotatable bonds is 7. The van der Waals surface area contributed by atoms with Crippen LogP contribution < -0.4 is 15.8 Å². The van der Waals surface area contributed by atoms with Crippen LogP contribution in [0.2, 0.25) is 0 Å². The fourth-order valence-corrected chi connectivity index (χ4v) is 2.56. The smallest absolute Gasteiger partial charge is 0.254 e. The maximum Gasteiger partial charge on any atom is 0.254 e. The lowest BCUT2D eigenvalue weighted by atomic mass is 9.95. The van der Waals surface area contributed by atoms with Gasteiger partial charge in [0, 0.05) is 18.5 Å². The molecule has 2 aromatic heterocycles. The van der Waals surface area contributed by atoms with Gasteiger partial charge < -0.3 is 9.30 Å². The van der Waals surface area contributed by atoms with Crippen molar-refractivity contribution in [2.45, 2.75) is 19.5 Å². The zero-order chi connectivity index (χ0) is 19.2. The molecule has 130 valence electrons. The predicted molar refractivity (Wildman–Crippen MR) is 110 cm³/mol. The quantitative estimate of drug-likeness (QED) is 0.611. The van der Waals surface area contributed by atoms with E-state index in [4.69, 9.17) is 20.4 Å². The van der Waals surface area contributed by atoms with Crippen LogP contribution in [0.5, 0.6) is 5.75 Å². The third-order valence-electron chi connectivity index (χ3n) is 4.16. The third kappa shape index (κ3) is 5.00. The van der Waals surface area contributed by atoms with Crippen LogP contribution in [-0.4, -0.2) is 25.2 Å². The highest BCUT2D eigenvalue weighted by atomic mass is 16.5. The molecule has 0 spiro atoms. The molecule has 27 heavy (non-hydrogen) atoms. The molecule has 0 fully saturated rings. The Hall–Kier alpha value is -3.01. The minimum atomic E-state index is -0.155. The summed E-state index contributed by atoms with van der Waals surface area (Å²) in [7, 11) is 11.2. The van der Waals surface area contributed by atoms with E-state index in [2.05, 4.69) is 11.6 Å². The van der Waals surface area contributed by atoms with Gasteiger partial charge in [0.1, 0.15) is 20.2 Å². The second kappa shape index (κ2) is 8.58. The fourth-order valence-electron chi connectivity index (χ4n) is 2.56. The first-order chi connectivity index (χ1) is 13.0. The molecule has 0 amide bonds. The van der Waals surface area contributed by atoms with Crippen molar-refractivity contribution in [3.05, 3.63) is 94.7 Å². The third-order valence-corrected chi connectivity index (χ3v) is 4.16. The van der Waals surface area contributed by atoms with Crippen molar-refractivity contribution in [2.24, 2.45) is 0 Å². The molecule has 0 bridgehead atoms. The van der Waals surface area contributed by atoms with Gasteiger partial charge in [-0.3, -0.25) is 9.78 Å². The summed E-state index contributed by atoms with van der Waals surface area (Å²) in [5, 5.41) is 0. The number of ether oxygens (including phenoxy) is 1. The van der Waals surface area contributed by atoms with Crippen molar-refractivity contribution in [1.82, 2.24) is 9.55 Å². The average Bonchev–Trinajstić information content (AvgIpc) is 2.69. The highest BCUT2D eigenvalue weighted by Crippen LogP contribution is 2.16. The van der Waals surface area contributed by atoms with E-state index in [9.17, 15) is 4.79 Å². The second-order valence-electron chi connectivity index (χ2n) is 6.20. The highest BCUT2D eigenvalue weighted by molar-refractivity contribution is 6.32. The molecule has 0 N–H and O–H groups in total. The lowest BCUT2D eigenvalue weighted by Crippen LogP contribution is -2.19. The molecule has 4 nitrogen and oxygen atoms in total. The number of nitrogens with zero attached hydrogens (tertiary/aromatic N) is 2. The first-order valence-corrected chi connectivity index (χ1v) is 8.56. The van der Waals surface area contributed by atoms with Gasteiger partial charge in [-0.2, -0.15) is 0 Å². The van der Waals surface area contributed by atoms with Gasteiger partial charge in [-0.15, -0.1) is 0 Å². The van der Waals surface area contributed by atoms with Gasteiger partial charge in [-0.05, 0) is 23.3 Å². The summed E-state index contributed by atoms with van der Waals surface area (Å²) in [6.07, 6.45) is 3.77. The van der Waals surface area contributed by atoms with E-state index in [0.717, 1.165) is 22.4 Å². The van der Waals surface area contributed by atoms with Gasteiger partial charge in [-0.25, -0.2) is 0 Å². The molecule has 0 atom stereocenters. The molecule has 6 heteroatoms. The first kappa shape index (κ1) is 18.8. The van der Waals surface area contributed by atoms with Crippen LogP contribution in [0.3, 0.4) is 0 Å². The summed E-state index contributed by atoms with van der Waals surface area (Å²) in [5.41, 5.74) is 4.06. The minimum Gasteiger partial charge on any atom is -0.487 e. The molecular weight excluding hydrogens is 334 g/mol. The second-order valence-corrected chi connectivity index (χ2v) is 6.20. The number of allylic oxidation sites excluding steroid dienone is 1. The van der Waals surface area contributed by atoms with Gasteiger partial charge >= 0.3 is 0 Å². The van der Waals surface area contributed by atoms with Crippen molar-refractivity contribution in [3.8, 4) is 5.75 Å². The van der Waals surface area contributed by atoms with Crippen LogP contribution >= 0.6 is 0 Å². The summed E-state index contributed by atoms with van der Waals surface area (Å²) >= 11 is 0. The number of benzene rings is 1. The molecule has 0 aliphatic heterocycles. The van der Waals surface area contributed by atoms with Crippen molar-refractivity contribution in [1.29, 1.82) is 0 Å². The zero-order valence-electron chi connectivity index (χ0n) is 15.0. The Kier molecular flexibility index (Phi) is 5.97. The Morgan fingerprint density at radius 3 is 2.56 bits per heavy atom. The fraction of sp³-hybridized carbons (Fsp3) is 0.143. The van der Waals surface area contributed by atoms with Gasteiger partial charge in [0.25, 0.3) is 5.56 Å². The van der Waals surface area contributed by atoms with Gasteiger partial charge in [0.15, 0.2) is 0 Å². The SMILES string of the molecule is [B]Cc1ccc(C(=C)Cn2ccc(OCc3ccc([B])cn3)cc2=O)cc1. The maximum atomic E-state index is 12.4. The highest BCUT2D eigenvalue weighted by Gasteiger charge is 2.05. The Bertz CT molecular complexity index is 980. The molecule has 2 heterocycles. The van der Waals surface area contributed by atoms with E-state index in [1.807, 2.05) is 24.3 Å². The molecule has 0 unspecified atom stereocenters. The molecule has 0 saturated carbocycles. The van der Waals surface area contributed by atoms with Crippen LogP contribution in [0.25, 0.3) is 5.57 Å². The molecule has 4 radical (unpaired) electrons. The predicted octanol–water partition coefficient (Wildman–Crippen LogP) is 2.00. The normalized spacial score (nSPS) is 10.5. The van der Waals surface area contributed by atoms with E-state index in [0.29, 0.717) is 24.1 Å².